The number of carbonyl (C=O) groups excluding carboxylic acids is 3. The SMILES string of the molecule is CC(C)(C)OC(=O)N[C@H](CO[Si](c1ccccc1)(c1ccccc1)C(C)(C)C)C[C@H]1CN=C(NC(=O)OCc2ccccc2)N1C(=O)OCc1ccccc1. The lowest BCUT2D eigenvalue weighted by Crippen LogP contribution is -2.67. The van der Waals surface area contributed by atoms with Crippen molar-refractivity contribution >= 4 is 42.9 Å². The number of benzene rings is 4. The van der Waals surface area contributed by atoms with Crippen LogP contribution in [-0.4, -0.2) is 68.3 Å². The summed E-state index contributed by atoms with van der Waals surface area (Å²) in [6, 6.07) is 37.7. The van der Waals surface area contributed by atoms with E-state index in [1.165, 1.54) is 4.90 Å². The number of rotatable bonds is 12. The van der Waals surface area contributed by atoms with Crippen LogP contribution in [-0.2, 0) is 31.9 Å². The zero-order chi connectivity index (χ0) is 39.5. The Hall–Kier alpha value is -5.46. The molecule has 0 radical (unpaired) electrons. The number of carbonyl (C=O) groups is 3. The molecule has 1 heterocycles. The molecule has 5 rings (SSSR count). The van der Waals surface area contributed by atoms with Gasteiger partial charge in [-0.15, -0.1) is 0 Å². The number of nitrogens with zero attached hydrogens (tertiary/aromatic N) is 2. The van der Waals surface area contributed by atoms with Gasteiger partial charge in [0.2, 0.25) is 5.96 Å². The first-order valence-electron chi connectivity index (χ1n) is 18.5. The predicted octanol–water partition coefficient (Wildman–Crippen LogP) is 7.15. The van der Waals surface area contributed by atoms with Crippen LogP contribution in [0.3, 0.4) is 0 Å². The van der Waals surface area contributed by atoms with E-state index in [0.717, 1.165) is 21.5 Å². The van der Waals surface area contributed by atoms with E-state index < -0.39 is 44.3 Å². The van der Waals surface area contributed by atoms with Crippen molar-refractivity contribution in [2.45, 2.75) is 83.9 Å². The topological polar surface area (TPSA) is 128 Å². The van der Waals surface area contributed by atoms with Gasteiger partial charge in [0.15, 0.2) is 0 Å². The molecule has 0 spiro atoms. The van der Waals surface area contributed by atoms with E-state index in [9.17, 15) is 14.4 Å². The molecule has 0 saturated heterocycles. The Morgan fingerprint density at radius 3 is 1.71 bits per heavy atom. The average Bonchev–Trinajstić information content (AvgIpc) is 3.54. The summed E-state index contributed by atoms with van der Waals surface area (Å²) in [5.74, 6) is -0.00922. The van der Waals surface area contributed by atoms with E-state index in [1.807, 2.05) is 97.1 Å². The summed E-state index contributed by atoms with van der Waals surface area (Å²) < 4.78 is 24.2. The van der Waals surface area contributed by atoms with Gasteiger partial charge in [0.25, 0.3) is 8.32 Å². The van der Waals surface area contributed by atoms with Crippen LogP contribution in [0.1, 0.15) is 59.1 Å². The second-order valence-electron chi connectivity index (χ2n) is 15.5. The van der Waals surface area contributed by atoms with Crippen LogP contribution in [0.25, 0.3) is 0 Å². The lowest BCUT2D eigenvalue weighted by molar-refractivity contribution is 0.0474. The average molecular weight is 765 g/mol. The smallest absolute Gasteiger partial charge is 0.417 e. The summed E-state index contributed by atoms with van der Waals surface area (Å²) in [6.07, 6.45) is -1.91. The molecule has 0 aliphatic carbocycles. The molecule has 4 aromatic rings. The molecule has 11 nitrogen and oxygen atoms in total. The molecule has 1 aliphatic heterocycles. The molecular formula is C43H52N4O7Si. The fourth-order valence-electron chi connectivity index (χ4n) is 6.64. The number of guanidine groups is 1. The van der Waals surface area contributed by atoms with Crippen molar-refractivity contribution < 1.29 is 33.0 Å². The number of hydrogen-bond acceptors (Lipinski definition) is 8. The molecule has 0 saturated carbocycles. The van der Waals surface area contributed by atoms with Crippen LogP contribution in [0.15, 0.2) is 126 Å². The number of aliphatic imine (C=N–C) groups is 1. The fraction of sp³-hybridized carbons (Fsp3) is 0.349. The van der Waals surface area contributed by atoms with Gasteiger partial charge in [0, 0.05) is 0 Å². The van der Waals surface area contributed by atoms with Crippen LogP contribution >= 0.6 is 0 Å². The Labute approximate surface area is 325 Å². The number of alkyl carbamates (subject to hydrolysis) is 2. The summed E-state index contributed by atoms with van der Waals surface area (Å²) in [6.45, 7) is 12.2. The summed E-state index contributed by atoms with van der Waals surface area (Å²) in [4.78, 5) is 46.2. The number of hydrogen-bond donors (Lipinski definition) is 2. The van der Waals surface area contributed by atoms with Gasteiger partial charge >= 0.3 is 18.3 Å². The third kappa shape index (κ3) is 11.0. The maximum atomic E-state index is 13.9. The minimum atomic E-state index is -3.03. The van der Waals surface area contributed by atoms with E-state index in [0.29, 0.717) is 0 Å². The summed E-state index contributed by atoms with van der Waals surface area (Å²) in [5, 5.41) is 7.52. The molecule has 55 heavy (non-hydrogen) atoms. The van der Waals surface area contributed by atoms with Crippen molar-refractivity contribution in [1.29, 1.82) is 0 Å². The summed E-state index contributed by atoms with van der Waals surface area (Å²) in [5.41, 5.74) is 0.845. The fourth-order valence-corrected chi connectivity index (χ4v) is 11.2. The Morgan fingerprint density at radius 1 is 0.727 bits per heavy atom. The normalized spacial score (nSPS) is 15.1. The Bertz CT molecular complexity index is 1840. The highest BCUT2D eigenvalue weighted by atomic mass is 28.4. The predicted molar refractivity (Wildman–Crippen MR) is 216 cm³/mol. The highest BCUT2D eigenvalue weighted by Crippen LogP contribution is 2.37. The minimum absolute atomic E-state index is 0.00514. The molecule has 2 atom stereocenters. The van der Waals surface area contributed by atoms with Gasteiger partial charge in [-0.05, 0) is 53.7 Å². The third-order valence-electron chi connectivity index (χ3n) is 9.07. The van der Waals surface area contributed by atoms with Crippen LogP contribution < -0.4 is 21.0 Å². The first-order chi connectivity index (χ1) is 26.2. The van der Waals surface area contributed by atoms with Gasteiger partial charge < -0.3 is 24.0 Å². The molecule has 1 aliphatic rings. The lowest BCUT2D eigenvalue weighted by Gasteiger charge is -2.44. The van der Waals surface area contributed by atoms with E-state index in [-0.39, 0.29) is 43.8 Å². The standard InChI is InChI=1S/C43H52N4O7Si/c1-42(2,3)54-40(49)45-34(31-53-55(43(4,5)6,36-23-15-9-16-24-36)37-25-17-10-18-26-37)27-35-28-44-38(46-39(48)51-29-32-19-11-7-12-20-32)47(35)41(50)52-30-33-21-13-8-14-22-33/h7-26,34-35H,27-31H2,1-6H3,(H,45,49)(H,44,46,48)/t34-,35-/m0/s1. The molecule has 0 fully saturated rings. The molecule has 4 aromatic carbocycles. The molecule has 3 amide bonds. The van der Waals surface area contributed by atoms with Crippen LogP contribution in [0.2, 0.25) is 5.04 Å². The first kappa shape index (κ1) is 40.7. The Morgan fingerprint density at radius 2 is 1.22 bits per heavy atom. The molecule has 2 N–H and O–H groups in total. The van der Waals surface area contributed by atoms with Crippen LogP contribution in [0, 0.1) is 0 Å². The molecular weight excluding hydrogens is 713 g/mol. The first-order valence-corrected chi connectivity index (χ1v) is 20.4. The quantitative estimate of drug-likeness (QED) is 0.116. The van der Waals surface area contributed by atoms with Crippen molar-refractivity contribution in [3.8, 4) is 0 Å². The zero-order valence-corrected chi connectivity index (χ0v) is 33.5. The van der Waals surface area contributed by atoms with Crippen molar-refractivity contribution in [2.24, 2.45) is 4.99 Å². The minimum Gasteiger partial charge on any atom is -0.444 e. The van der Waals surface area contributed by atoms with Crippen molar-refractivity contribution in [1.82, 2.24) is 15.5 Å². The van der Waals surface area contributed by atoms with Gasteiger partial charge in [0.1, 0.15) is 18.8 Å². The van der Waals surface area contributed by atoms with Gasteiger partial charge in [-0.1, -0.05) is 142 Å². The number of nitrogens with one attached hydrogen (secondary N) is 2. The molecule has 0 bridgehead atoms. The second kappa shape index (κ2) is 18.2. The number of ether oxygens (including phenoxy) is 3. The Balaban J connectivity index is 1.43. The molecule has 0 aromatic heterocycles. The number of amides is 3. The van der Waals surface area contributed by atoms with E-state index in [4.69, 9.17) is 18.6 Å². The van der Waals surface area contributed by atoms with Crippen molar-refractivity contribution in [2.75, 3.05) is 13.2 Å². The van der Waals surface area contributed by atoms with Crippen LogP contribution in [0.5, 0.6) is 0 Å². The van der Waals surface area contributed by atoms with Gasteiger partial charge in [-0.3, -0.25) is 10.3 Å². The zero-order valence-electron chi connectivity index (χ0n) is 32.5. The second-order valence-corrected chi connectivity index (χ2v) is 19.8. The van der Waals surface area contributed by atoms with E-state index in [1.54, 1.807) is 20.8 Å². The lowest BCUT2D eigenvalue weighted by atomic mass is 10.1. The highest BCUT2D eigenvalue weighted by molar-refractivity contribution is 6.99. The van der Waals surface area contributed by atoms with Gasteiger partial charge in [-0.2, -0.15) is 0 Å². The van der Waals surface area contributed by atoms with Gasteiger partial charge in [-0.25, -0.2) is 19.3 Å². The summed E-state index contributed by atoms with van der Waals surface area (Å²) in [7, 11) is -3.03. The van der Waals surface area contributed by atoms with Crippen LogP contribution in [0.4, 0.5) is 14.4 Å². The van der Waals surface area contributed by atoms with Crippen molar-refractivity contribution in [3.05, 3.63) is 132 Å². The van der Waals surface area contributed by atoms with Crippen molar-refractivity contribution in [3.63, 3.8) is 0 Å². The van der Waals surface area contributed by atoms with E-state index in [2.05, 4.69) is 60.7 Å². The molecule has 0 unspecified atom stereocenters. The molecule has 12 heteroatoms. The highest BCUT2D eigenvalue weighted by Gasteiger charge is 2.50. The largest absolute Gasteiger partial charge is 0.444 e. The summed E-state index contributed by atoms with van der Waals surface area (Å²) >= 11 is 0. The van der Waals surface area contributed by atoms with Gasteiger partial charge in [0.05, 0.1) is 25.2 Å². The third-order valence-corrected chi connectivity index (χ3v) is 14.1. The molecule has 290 valence electrons. The maximum absolute atomic E-state index is 13.9. The maximum Gasteiger partial charge on any atom is 0.417 e. The Kier molecular flexibility index (Phi) is 13.5. The van der Waals surface area contributed by atoms with E-state index >= 15 is 0 Å². The monoisotopic (exact) mass is 764 g/mol.